The lowest BCUT2D eigenvalue weighted by Crippen LogP contribution is -2.66. The number of piperazine rings is 1. The van der Waals surface area contributed by atoms with Crippen molar-refractivity contribution in [3.63, 3.8) is 0 Å². The van der Waals surface area contributed by atoms with Crippen LogP contribution in [0.25, 0.3) is 0 Å². The fourth-order valence-corrected chi connectivity index (χ4v) is 3.76. The zero-order chi connectivity index (χ0) is 18.2. The summed E-state index contributed by atoms with van der Waals surface area (Å²) in [6.45, 7) is 1.43. The largest absolute Gasteiger partial charge is 0.435 e. The van der Waals surface area contributed by atoms with Gasteiger partial charge < -0.3 is 15.4 Å². The average Bonchev–Trinajstić information content (AvgIpc) is 2.49. The number of benzene rings is 1. The summed E-state index contributed by atoms with van der Waals surface area (Å²) in [5.74, 6) is -0.112. The zero-order valence-corrected chi connectivity index (χ0v) is 14.2. The normalized spacial score (nSPS) is 26.0. The van der Waals surface area contributed by atoms with Crippen molar-refractivity contribution < 1.29 is 23.1 Å². The molecule has 2 amide bonds. The maximum atomic E-state index is 12.3. The molecule has 25 heavy (non-hydrogen) atoms. The van der Waals surface area contributed by atoms with Crippen LogP contribution < -0.4 is 15.4 Å². The Morgan fingerprint density at radius 2 is 1.76 bits per heavy atom. The molecule has 5 nitrogen and oxygen atoms in total. The number of amides is 2. The van der Waals surface area contributed by atoms with E-state index in [0.29, 0.717) is 6.42 Å². The molecule has 2 N–H and O–H groups in total. The Kier molecular flexibility index (Phi) is 4.67. The minimum absolute atomic E-state index is 0.0588. The van der Waals surface area contributed by atoms with Gasteiger partial charge in [-0.05, 0) is 41.9 Å². The molecule has 2 unspecified atom stereocenters. The molecule has 2 atom stereocenters. The highest BCUT2D eigenvalue weighted by Gasteiger charge is 2.46. The molecule has 2 aliphatic rings. The van der Waals surface area contributed by atoms with E-state index in [0.717, 1.165) is 18.4 Å². The molecule has 1 aliphatic heterocycles. The van der Waals surface area contributed by atoms with Crippen molar-refractivity contribution in [2.75, 3.05) is 0 Å². The Morgan fingerprint density at radius 3 is 2.32 bits per heavy atom. The van der Waals surface area contributed by atoms with Crippen molar-refractivity contribution in [3.05, 3.63) is 29.8 Å². The van der Waals surface area contributed by atoms with E-state index in [1.165, 1.54) is 12.1 Å². The van der Waals surface area contributed by atoms with Crippen LogP contribution in [0.3, 0.4) is 0 Å². The lowest BCUT2D eigenvalue weighted by molar-refractivity contribution is -0.140. The second kappa shape index (κ2) is 6.61. The van der Waals surface area contributed by atoms with Gasteiger partial charge in [0.2, 0.25) is 11.8 Å². The number of hydrogen-bond donors (Lipinski definition) is 2. The Bertz CT molecular complexity index is 653. The van der Waals surface area contributed by atoms with Gasteiger partial charge in [0.1, 0.15) is 17.8 Å². The molecule has 0 aromatic heterocycles. The van der Waals surface area contributed by atoms with Gasteiger partial charge in [0.25, 0.3) is 0 Å². The van der Waals surface area contributed by atoms with Crippen molar-refractivity contribution in [1.82, 2.24) is 10.6 Å². The molecule has 0 spiro atoms. The summed E-state index contributed by atoms with van der Waals surface area (Å²) in [5, 5.41) is 5.62. The highest BCUT2D eigenvalue weighted by atomic mass is 19.3. The zero-order valence-electron chi connectivity index (χ0n) is 14.2. The first-order valence-electron chi connectivity index (χ1n) is 8.38. The fraction of sp³-hybridized carbons (Fsp3) is 0.556. The van der Waals surface area contributed by atoms with Crippen molar-refractivity contribution in [3.8, 4) is 5.75 Å². The predicted molar refractivity (Wildman–Crippen MR) is 87.1 cm³/mol. The summed E-state index contributed by atoms with van der Waals surface area (Å²) < 4.78 is 28.6. The van der Waals surface area contributed by atoms with Crippen molar-refractivity contribution >= 4 is 11.8 Å². The molecule has 1 saturated carbocycles. The van der Waals surface area contributed by atoms with Crippen LogP contribution in [-0.4, -0.2) is 30.5 Å². The van der Waals surface area contributed by atoms with E-state index in [9.17, 15) is 18.4 Å². The van der Waals surface area contributed by atoms with Gasteiger partial charge in [0, 0.05) is 6.42 Å². The second-order valence-electron chi connectivity index (χ2n) is 7.61. The van der Waals surface area contributed by atoms with Crippen LogP contribution in [0, 0.1) is 11.3 Å². The number of halogens is 2. The fourth-order valence-electron chi connectivity index (χ4n) is 3.76. The number of carbonyl (C=O) groups is 2. The predicted octanol–water partition coefficient (Wildman–Crippen LogP) is 2.25. The minimum atomic E-state index is -2.87. The van der Waals surface area contributed by atoms with Crippen LogP contribution in [0.1, 0.15) is 32.3 Å². The van der Waals surface area contributed by atoms with Gasteiger partial charge in [-0.1, -0.05) is 26.0 Å². The molecule has 3 rings (SSSR count). The average molecular weight is 352 g/mol. The Labute approximate surface area is 145 Å². The van der Waals surface area contributed by atoms with Crippen LogP contribution in [0.15, 0.2) is 24.3 Å². The lowest BCUT2D eigenvalue weighted by Gasteiger charge is -2.47. The molecule has 1 aromatic carbocycles. The Morgan fingerprint density at radius 1 is 1.12 bits per heavy atom. The number of hydrogen-bond acceptors (Lipinski definition) is 3. The van der Waals surface area contributed by atoms with Crippen LogP contribution in [-0.2, 0) is 16.0 Å². The maximum Gasteiger partial charge on any atom is 0.387 e. The molecule has 2 fully saturated rings. The topological polar surface area (TPSA) is 67.4 Å². The summed E-state index contributed by atoms with van der Waals surface area (Å²) in [4.78, 5) is 24.7. The molecule has 1 aliphatic carbocycles. The molecule has 7 heteroatoms. The molecular formula is C18H22F2N2O3. The summed E-state index contributed by atoms with van der Waals surface area (Å²) in [5.41, 5.74) is 0.986. The third kappa shape index (κ3) is 4.08. The summed E-state index contributed by atoms with van der Waals surface area (Å²) >= 11 is 0. The summed E-state index contributed by atoms with van der Waals surface area (Å²) in [6, 6.07) is 4.94. The Balaban J connectivity index is 1.57. The third-order valence-electron chi connectivity index (χ3n) is 4.90. The molecule has 0 bridgehead atoms. The Hall–Kier alpha value is -2.18. The molecule has 1 saturated heterocycles. The van der Waals surface area contributed by atoms with Crippen molar-refractivity contribution in [1.29, 1.82) is 0 Å². The highest BCUT2D eigenvalue weighted by Crippen LogP contribution is 2.46. The first-order valence-corrected chi connectivity index (χ1v) is 8.38. The van der Waals surface area contributed by atoms with Gasteiger partial charge in [0.05, 0.1) is 0 Å². The third-order valence-corrected chi connectivity index (χ3v) is 4.90. The van der Waals surface area contributed by atoms with E-state index in [4.69, 9.17) is 0 Å². The van der Waals surface area contributed by atoms with Gasteiger partial charge >= 0.3 is 6.61 Å². The molecular weight excluding hydrogens is 330 g/mol. The molecule has 1 aromatic rings. The van der Waals surface area contributed by atoms with Gasteiger partial charge in [0.15, 0.2) is 0 Å². The quantitative estimate of drug-likeness (QED) is 0.854. The molecule has 1 heterocycles. The van der Waals surface area contributed by atoms with Crippen molar-refractivity contribution in [2.45, 2.75) is 51.8 Å². The van der Waals surface area contributed by atoms with E-state index in [1.807, 2.05) is 0 Å². The SMILES string of the molecule is CC1(C)CC(C2NC(=O)C(Cc3ccc(OC(F)F)cc3)NC2=O)C1. The van der Waals surface area contributed by atoms with Gasteiger partial charge in [-0.3, -0.25) is 9.59 Å². The lowest BCUT2D eigenvalue weighted by atomic mass is 9.61. The maximum absolute atomic E-state index is 12.3. The van der Waals surface area contributed by atoms with Crippen LogP contribution in [0.4, 0.5) is 8.78 Å². The van der Waals surface area contributed by atoms with E-state index in [1.54, 1.807) is 12.1 Å². The number of alkyl halides is 2. The first-order chi connectivity index (χ1) is 11.7. The van der Waals surface area contributed by atoms with E-state index < -0.39 is 18.7 Å². The minimum Gasteiger partial charge on any atom is -0.435 e. The summed E-state index contributed by atoms with van der Waals surface area (Å²) in [6.07, 6.45) is 2.14. The van der Waals surface area contributed by atoms with Crippen LogP contribution in [0.5, 0.6) is 5.75 Å². The van der Waals surface area contributed by atoms with Gasteiger partial charge in [-0.25, -0.2) is 0 Å². The van der Waals surface area contributed by atoms with E-state index in [2.05, 4.69) is 29.2 Å². The van der Waals surface area contributed by atoms with Crippen LogP contribution >= 0.6 is 0 Å². The standard InChI is InChI=1S/C18H22F2N2O3/c1-18(2)8-11(9-18)14-16(24)21-13(15(23)22-14)7-10-3-5-12(6-4-10)25-17(19)20/h3-6,11,13-14,17H,7-9H2,1-2H3,(H,21,24)(H,22,23). The summed E-state index contributed by atoms with van der Waals surface area (Å²) in [7, 11) is 0. The molecule has 136 valence electrons. The number of carbonyl (C=O) groups excluding carboxylic acids is 2. The van der Waals surface area contributed by atoms with Crippen molar-refractivity contribution in [2.24, 2.45) is 11.3 Å². The van der Waals surface area contributed by atoms with Gasteiger partial charge in [-0.15, -0.1) is 0 Å². The smallest absolute Gasteiger partial charge is 0.387 e. The first kappa shape index (κ1) is 17.6. The number of ether oxygens (including phenoxy) is 1. The van der Waals surface area contributed by atoms with E-state index >= 15 is 0 Å². The number of rotatable bonds is 5. The monoisotopic (exact) mass is 352 g/mol. The number of nitrogens with one attached hydrogen (secondary N) is 2. The highest BCUT2D eigenvalue weighted by molar-refractivity contribution is 5.97. The van der Waals surface area contributed by atoms with Gasteiger partial charge in [-0.2, -0.15) is 8.78 Å². The molecule has 0 radical (unpaired) electrons. The van der Waals surface area contributed by atoms with E-state index in [-0.39, 0.29) is 28.9 Å². The van der Waals surface area contributed by atoms with Crippen LogP contribution in [0.2, 0.25) is 0 Å². The second-order valence-corrected chi connectivity index (χ2v) is 7.61.